The fraction of sp³-hybridized carbons (Fsp3) is 0. The molecule has 3 aromatic carbocycles. The summed E-state index contributed by atoms with van der Waals surface area (Å²) < 4.78 is 13.3. The van der Waals surface area contributed by atoms with E-state index in [0.717, 1.165) is 22.9 Å². The lowest BCUT2D eigenvalue weighted by molar-refractivity contribution is -0.387. The van der Waals surface area contributed by atoms with Gasteiger partial charge in [-0.2, -0.15) is 4.39 Å². The number of carbonyl (C=O) groups is 1. The summed E-state index contributed by atoms with van der Waals surface area (Å²) in [5.74, 6) is -1.51. The molecule has 6 heteroatoms. The Morgan fingerprint density at radius 2 is 1.74 bits per heavy atom. The molecule has 5 nitrogen and oxygen atoms in total. The van der Waals surface area contributed by atoms with Gasteiger partial charge in [0.25, 0.3) is 5.91 Å². The Hall–Kier alpha value is -3.28. The van der Waals surface area contributed by atoms with Crippen LogP contribution in [0.1, 0.15) is 10.4 Å². The van der Waals surface area contributed by atoms with Crippen LogP contribution in [0, 0.1) is 15.9 Å². The summed E-state index contributed by atoms with van der Waals surface area (Å²) in [7, 11) is 0. The number of hydrogen-bond acceptors (Lipinski definition) is 3. The van der Waals surface area contributed by atoms with Gasteiger partial charge in [-0.15, -0.1) is 0 Å². The van der Waals surface area contributed by atoms with Crippen LogP contribution in [-0.2, 0) is 0 Å². The lowest BCUT2D eigenvalue weighted by Crippen LogP contribution is -2.12. The van der Waals surface area contributed by atoms with E-state index in [4.69, 9.17) is 0 Å². The van der Waals surface area contributed by atoms with Crippen molar-refractivity contribution in [3.8, 4) is 0 Å². The molecule has 0 fully saturated rings. The average Bonchev–Trinajstić information content (AvgIpc) is 2.54. The highest BCUT2D eigenvalue weighted by Gasteiger charge is 2.17. The number of nitrogens with zero attached hydrogens (tertiary/aromatic N) is 1. The number of nitrogens with one attached hydrogen (secondary N) is 1. The maximum absolute atomic E-state index is 13.3. The molecule has 0 saturated heterocycles. The first-order valence-corrected chi connectivity index (χ1v) is 6.79. The molecule has 0 atom stereocenters. The highest BCUT2D eigenvalue weighted by molar-refractivity contribution is 6.05. The summed E-state index contributed by atoms with van der Waals surface area (Å²) in [6.45, 7) is 0. The third-order valence-electron chi connectivity index (χ3n) is 3.41. The summed E-state index contributed by atoms with van der Waals surface area (Å²) in [6.07, 6.45) is 0. The van der Waals surface area contributed by atoms with Crippen molar-refractivity contribution < 1.29 is 14.1 Å². The zero-order valence-electron chi connectivity index (χ0n) is 11.8. The van der Waals surface area contributed by atoms with Crippen molar-refractivity contribution in [1.82, 2.24) is 0 Å². The minimum Gasteiger partial charge on any atom is -0.322 e. The van der Waals surface area contributed by atoms with E-state index in [1.54, 1.807) is 12.1 Å². The number of benzene rings is 3. The van der Waals surface area contributed by atoms with Crippen molar-refractivity contribution in [3.05, 3.63) is 82.2 Å². The molecule has 0 spiro atoms. The molecule has 0 aromatic heterocycles. The van der Waals surface area contributed by atoms with E-state index in [0.29, 0.717) is 5.69 Å². The average molecular weight is 310 g/mol. The van der Waals surface area contributed by atoms with Crippen LogP contribution in [0.4, 0.5) is 15.8 Å². The minimum absolute atomic E-state index is 0.0197. The number of nitro groups is 1. The van der Waals surface area contributed by atoms with E-state index >= 15 is 0 Å². The molecular weight excluding hydrogens is 299 g/mol. The lowest BCUT2D eigenvalue weighted by atomic mass is 10.1. The molecule has 0 aliphatic heterocycles. The van der Waals surface area contributed by atoms with Crippen LogP contribution in [0.25, 0.3) is 10.8 Å². The van der Waals surface area contributed by atoms with Crippen molar-refractivity contribution in [1.29, 1.82) is 0 Å². The molecule has 23 heavy (non-hydrogen) atoms. The maximum atomic E-state index is 13.3. The van der Waals surface area contributed by atoms with E-state index < -0.39 is 22.3 Å². The smallest absolute Gasteiger partial charge is 0.305 e. The first-order chi connectivity index (χ1) is 11.0. The molecule has 0 radical (unpaired) electrons. The summed E-state index contributed by atoms with van der Waals surface area (Å²) in [6, 6.07) is 16.1. The molecular formula is C17H11FN2O3. The van der Waals surface area contributed by atoms with Gasteiger partial charge in [0.15, 0.2) is 0 Å². The second kappa shape index (κ2) is 5.84. The van der Waals surface area contributed by atoms with Gasteiger partial charge in [0.05, 0.1) is 4.92 Å². The van der Waals surface area contributed by atoms with Gasteiger partial charge in [0.2, 0.25) is 5.82 Å². The quantitative estimate of drug-likeness (QED) is 0.583. The second-order valence-corrected chi connectivity index (χ2v) is 4.94. The van der Waals surface area contributed by atoms with E-state index in [1.165, 1.54) is 6.07 Å². The molecule has 1 N–H and O–H groups in total. The third kappa shape index (κ3) is 3.01. The van der Waals surface area contributed by atoms with Gasteiger partial charge in [-0.3, -0.25) is 14.9 Å². The highest BCUT2D eigenvalue weighted by Crippen LogP contribution is 2.21. The van der Waals surface area contributed by atoms with Gasteiger partial charge in [0, 0.05) is 17.3 Å². The largest absolute Gasteiger partial charge is 0.322 e. The normalized spacial score (nSPS) is 10.5. The first-order valence-electron chi connectivity index (χ1n) is 6.79. The zero-order valence-corrected chi connectivity index (χ0v) is 11.8. The van der Waals surface area contributed by atoms with Crippen LogP contribution < -0.4 is 5.32 Å². The molecule has 3 aromatic rings. The van der Waals surface area contributed by atoms with Crippen LogP contribution in [0.15, 0.2) is 60.7 Å². The molecule has 0 aliphatic rings. The Bertz CT molecular complexity index is 925. The predicted octanol–water partition coefficient (Wildman–Crippen LogP) is 4.14. The Labute approximate surface area is 130 Å². The molecule has 0 saturated carbocycles. The molecule has 3 rings (SSSR count). The summed E-state index contributed by atoms with van der Waals surface area (Å²) in [5, 5.41) is 15.4. The fourth-order valence-electron chi connectivity index (χ4n) is 2.26. The van der Waals surface area contributed by atoms with Crippen LogP contribution in [0.5, 0.6) is 0 Å². The summed E-state index contributed by atoms with van der Waals surface area (Å²) in [5.41, 5.74) is -0.150. The SMILES string of the molecule is O=C(Nc1ccc2ccccc2c1)c1ccc(F)c([N+](=O)[O-])c1. The molecule has 1 amide bonds. The highest BCUT2D eigenvalue weighted by atomic mass is 19.1. The first kappa shape index (κ1) is 14.6. The van der Waals surface area contributed by atoms with E-state index in [2.05, 4.69) is 5.32 Å². The molecule has 114 valence electrons. The number of hydrogen-bond donors (Lipinski definition) is 1. The lowest BCUT2D eigenvalue weighted by Gasteiger charge is -2.07. The molecule has 0 unspecified atom stereocenters. The standard InChI is InChI=1S/C17H11FN2O3/c18-15-8-6-13(10-16(15)20(22)23)17(21)19-14-7-5-11-3-1-2-4-12(11)9-14/h1-10H,(H,19,21). The molecule has 0 aliphatic carbocycles. The maximum Gasteiger partial charge on any atom is 0.305 e. The zero-order chi connectivity index (χ0) is 16.4. The molecule has 0 heterocycles. The summed E-state index contributed by atoms with van der Waals surface area (Å²) >= 11 is 0. The number of nitro benzene ring substituents is 1. The van der Waals surface area contributed by atoms with Crippen LogP contribution in [0.2, 0.25) is 0 Å². The van der Waals surface area contributed by atoms with Crippen molar-refractivity contribution in [2.75, 3.05) is 5.32 Å². The van der Waals surface area contributed by atoms with Gasteiger partial charge >= 0.3 is 5.69 Å². The van der Waals surface area contributed by atoms with Gasteiger partial charge < -0.3 is 5.32 Å². The number of amides is 1. The number of rotatable bonds is 3. The van der Waals surface area contributed by atoms with Crippen molar-refractivity contribution in [2.24, 2.45) is 0 Å². The molecule has 0 bridgehead atoms. The van der Waals surface area contributed by atoms with Crippen molar-refractivity contribution in [3.63, 3.8) is 0 Å². The third-order valence-corrected chi connectivity index (χ3v) is 3.41. The number of halogens is 1. The minimum atomic E-state index is -0.975. The number of carbonyl (C=O) groups excluding carboxylic acids is 1. The Kier molecular flexibility index (Phi) is 3.72. The van der Waals surface area contributed by atoms with Crippen LogP contribution in [-0.4, -0.2) is 10.8 Å². The Morgan fingerprint density at radius 1 is 1.00 bits per heavy atom. The van der Waals surface area contributed by atoms with Crippen LogP contribution in [0.3, 0.4) is 0 Å². The predicted molar refractivity (Wildman–Crippen MR) is 85.0 cm³/mol. The number of anilines is 1. The fourth-order valence-corrected chi connectivity index (χ4v) is 2.26. The van der Waals surface area contributed by atoms with E-state index in [9.17, 15) is 19.3 Å². The number of fused-ring (bicyclic) bond motifs is 1. The van der Waals surface area contributed by atoms with Crippen molar-refractivity contribution in [2.45, 2.75) is 0 Å². The topological polar surface area (TPSA) is 72.2 Å². The monoisotopic (exact) mass is 310 g/mol. The van der Waals surface area contributed by atoms with Gasteiger partial charge in [-0.1, -0.05) is 30.3 Å². The Balaban J connectivity index is 1.88. The van der Waals surface area contributed by atoms with Gasteiger partial charge in [-0.05, 0) is 35.0 Å². The Morgan fingerprint density at radius 3 is 2.48 bits per heavy atom. The van der Waals surface area contributed by atoms with Crippen LogP contribution >= 0.6 is 0 Å². The van der Waals surface area contributed by atoms with E-state index in [-0.39, 0.29) is 5.56 Å². The summed E-state index contributed by atoms with van der Waals surface area (Å²) in [4.78, 5) is 22.1. The van der Waals surface area contributed by atoms with E-state index in [1.807, 2.05) is 30.3 Å². The van der Waals surface area contributed by atoms with Crippen molar-refractivity contribution >= 4 is 28.1 Å². The van der Waals surface area contributed by atoms with Gasteiger partial charge in [-0.25, -0.2) is 0 Å². The van der Waals surface area contributed by atoms with Gasteiger partial charge in [0.1, 0.15) is 0 Å². The second-order valence-electron chi connectivity index (χ2n) is 4.94.